The van der Waals surface area contributed by atoms with E-state index in [0.717, 1.165) is 13.0 Å². The van der Waals surface area contributed by atoms with Gasteiger partial charge in [-0.05, 0) is 26.8 Å². The van der Waals surface area contributed by atoms with Gasteiger partial charge in [0.25, 0.3) is 0 Å². The highest BCUT2D eigenvalue weighted by molar-refractivity contribution is 4.92. The summed E-state index contributed by atoms with van der Waals surface area (Å²) in [6, 6.07) is 0. The normalized spacial score (nSPS) is 39.0. The van der Waals surface area contributed by atoms with E-state index in [1.165, 1.54) is 6.42 Å². The topological polar surface area (TPSA) is 23.5 Å². The minimum absolute atomic E-state index is 0.0278. The van der Waals surface area contributed by atoms with E-state index in [-0.39, 0.29) is 5.41 Å². The highest BCUT2D eigenvalue weighted by Crippen LogP contribution is 2.40. The predicted molar refractivity (Wildman–Crippen MR) is 46.3 cm³/mol. The summed E-state index contributed by atoms with van der Waals surface area (Å²) >= 11 is 0. The van der Waals surface area contributed by atoms with Gasteiger partial charge in [-0.25, -0.2) is 0 Å². The maximum absolute atomic E-state index is 10.1. The van der Waals surface area contributed by atoms with E-state index in [2.05, 4.69) is 13.8 Å². The smallest absolute Gasteiger partial charge is 0.120 e. The van der Waals surface area contributed by atoms with Crippen LogP contribution in [0.5, 0.6) is 0 Å². The zero-order valence-corrected chi connectivity index (χ0v) is 8.02. The van der Waals surface area contributed by atoms with Crippen LogP contribution in [0.2, 0.25) is 0 Å². The second-order valence-corrected chi connectivity index (χ2v) is 4.43. The van der Waals surface area contributed by atoms with Gasteiger partial charge < -0.3 is 5.11 Å². The Balaban J connectivity index is 2.82. The Kier molecular flexibility index (Phi) is 2.01. The monoisotopic (exact) mass is 157 g/mol. The lowest BCUT2D eigenvalue weighted by Gasteiger charge is -2.50. The largest absolute Gasteiger partial charge is 0.375 e. The van der Waals surface area contributed by atoms with Gasteiger partial charge in [0.05, 0.1) is 0 Å². The number of nitrogens with zero attached hydrogens (tertiary/aromatic N) is 1. The number of rotatable bonds is 0. The first-order valence-corrected chi connectivity index (χ1v) is 4.31. The van der Waals surface area contributed by atoms with Crippen LogP contribution < -0.4 is 0 Å². The fourth-order valence-corrected chi connectivity index (χ4v) is 1.73. The molecule has 11 heavy (non-hydrogen) atoms. The Bertz CT molecular complexity index is 152. The van der Waals surface area contributed by atoms with Crippen LogP contribution in [0.15, 0.2) is 0 Å². The van der Waals surface area contributed by atoms with Crippen LogP contribution in [0.1, 0.15) is 33.6 Å². The standard InChI is InChI=1S/C9H19NO/c1-8(2)6-5-7-10(4)9(8,3)11/h11H,5-7H2,1-4H3. The summed E-state index contributed by atoms with van der Waals surface area (Å²) in [5.74, 6) is 0. The van der Waals surface area contributed by atoms with Crippen LogP contribution >= 0.6 is 0 Å². The molecule has 0 bridgehead atoms. The van der Waals surface area contributed by atoms with E-state index in [9.17, 15) is 5.11 Å². The molecule has 2 nitrogen and oxygen atoms in total. The lowest BCUT2D eigenvalue weighted by molar-refractivity contribution is -0.183. The van der Waals surface area contributed by atoms with Crippen molar-refractivity contribution >= 4 is 0 Å². The van der Waals surface area contributed by atoms with Gasteiger partial charge in [-0.1, -0.05) is 13.8 Å². The van der Waals surface area contributed by atoms with E-state index >= 15 is 0 Å². The van der Waals surface area contributed by atoms with Crippen LogP contribution in [0.4, 0.5) is 0 Å². The predicted octanol–water partition coefficient (Wildman–Crippen LogP) is 1.45. The first kappa shape index (κ1) is 9.01. The Morgan fingerprint density at radius 2 is 1.82 bits per heavy atom. The lowest BCUT2D eigenvalue weighted by atomic mass is 9.74. The third kappa shape index (κ3) is 1.30. The summed E-state index contributed by atoms with van der Waals surface area (Å²) in [7, 11) is 1.99. The Labute approximate surface area is 69.2 Å². The van der Waals surface area contributed by atoms with Gasteiger partial charge >= 0.3 is 0 Å². The van der Waals surface area contributed by atoms with Crippen molar-refractivity contribution in [1.82, 2.24) is 4.90 Å². The van der Waals surface area contributed by atoms with Gasteiger partial charge in [0.2, 0.25) is 0 Å². The fourth-order valence-electron chi connectivity index (χ4n) is 1.73. The van der Waals surface area contributed by atoms with Gasteiger partial charge in [-0.15, -0.1) is 0 Å². The van der Waals surface area contributed by atoms with Crippen LogP contribution in [0.3, 0.4) is 0 Å². The van der Waals surface area contributed by atoms with Gasteiger partial charge in [-0.3, -0.25) is 4.90 Å². The molecule has 0 aromatic heterocycles. The van der Waals surface area contributed by atoms with Gasteiger partial charge in [-0.2, -0.15) is 0 Å². The molecule has 0 aliphatic carbocycles. The molecule has 0 amide bonds. The number of hydrogen-bond donors (Lipinski definition) is 1. The molecule has 1 fully saturated rings. The molecule has 0 aromatic carbocycles. The quantitative estimate of drug-likeness (QED) is 0.575. The van der Waals surface area contributed by atoms with Gasteiger partial charge in [0.15, 0.2) is 0 Å². The van der Waals surface area contributed by atoms with Crippen LogP contribution in [0, 0.1) is 5.41 Å². The summed E-state index contributed by atoms with van der Waals surface area (Å²) in [4.78, 5) is 2.04. The highest BCUT2D eigenvalue weighted by Gasteiger charge is 2.44. The molecule has 0 saturated carbocycles. The summed E-state index contributed by atoms with van der Waals surface area (Å²) in [5.41, 5.74) is -0.606. The average Bonchev–Trinajstić information content (AvgIpc) is 1.84. The van der Waals surface area contributed by atoms with Crippen LogP contribution in [0.25, 0.3) is 0 Å². The maximum Gasteiger partial charge on any atom is 0.120 e. The Morgan fingerprint density at radius 3 is 2.18 bits per heavy atom. The third-order valence-electron chi connectivity index (χ3n) is 3.32. The van der Waals surface area contributed by atoms with Gasteiger partial charge in [0.1, 0.15) is 5.72 Å². The molecule has 0 aromatic rings. The number of hydrogen-bond acceptors (Lipinski definition) is 2. The lowest BCUT2D eigenvalue weighted by Crippen LogP contribution is -2.57. The maximum atomic E-state index is 10.1. The second-order valence-electron chi connectivity index (χ2n) is 4.43. The minimum Gasteiger partial charge on any atom is -0.375 e. The molecule has 0 radical (unpaired) electrons. The van der Waals surface area contributed by atoms with E-state index in [4.69, 9.17) is 0 Å². The molecule has 2 heteroatoms. The number of aliphatic hydroxyl groups is 1. The van der Waals surface area contributed by atoms with Crippen molar-refractivity contribution in [3.8, 4) is 0 Å². The average molecular weight is 157 g/mol. The molecular formula is C9H19NO. The number of piperidine rings is 1. The Hall–Kier alpha value is -0.0800. The van der Waals surface area contributed by atoms with E-state index in [0.29, 0.717) is 0 Å². The molecule has 0 spiro atoms. The van der Waals surface area contributed by atoms with Crippen molar-refractivity contribution in [2.45, 2.75) is 39.3 Å². The van der Waals surface area contributed by atoms with Crippen molar-refractivity contribution in [2.75, 3.05) is 13.6 Å². The van der Waals surface area contributed by atoms with E-state index in [1.54, 1.807) is 0 Å². The molecule has 66 valence electrons. The zero-order chi connectivity index (χ0) is 8.70. The minimum atomic E-state index is -0.634. The first-order valence-electron chi connectivity index (χ1n) is 4.31. The molecule has 1 rings (SSSR count). The van der Waals surface area contributed by atoms with E-state index in [1.807, 2.05) is 18.9 Å². The second kappa shape index (κ2) is 2.46. The molecule has 1 aliphatic rings. The number of likely N-dealkylation sites (tertiary alicyclic amines) is 1. The third-order valence-corrected chi connectivity index (χ3v) is 3.32. The van der Waals surface area contributed by atoms with Crippen LogP contribution in [-0.4, -0.2) is 29.3 Å². The molecule has 1 saturated heterocycles. The molecular weight excluding hydrogens is 138 g/mol. The molecule has 1 unspecified atom stereocenters. The summed E-state index contributed by atoms with van der Waals surface area (Å²) in [6.07, 6.45) is 2.31. The van der Waals surface area contributed by atoms with Crippen molar-refractivity contribution in [3.05, 3.63) is 0 Å². The van der Waals surface area contributed by atoms with Crippen molar-refractivity contribution in [3.63, 3.8) is 0 Å². The SMILES string of the molecule is CN1CCCC(C)(C)C1(C)O. The van der Waals surface area contributed by atoms with Crippen LogP contribution in [-0.2, 0) is 0 Å². The summed E-state index contributed by atoms with van der Waals surface area (Å²) < 4.78 is 0. The summed E-state index contributed by atoms with van der Waals surface area (Å²) in [6.45, 7) is 7.17. The van der Waals surface area contributed by atoms with Crippen molar-refractivity contribution < 1.29 is 5.11 Å². The fraction of sp³-hybridized carbons (Fsp3) is 1.00. The summed E-state index contributed by atoms with van der Waals surface area (Å²) in [5, 5.41) is 10.1. The van der Waals surface area contributed by atoms with E-state index < -0.39 is 5.72 Å². The highest BCUT2D eigenvalue weighted by atomic mass is 16.3. The van der Waals surface area contributed by atoms with Crippen molar-refractivity contribution in [1.29, 1.82) is 0 Å². The molecule has 1 heterocycles. The van der Waals surface area contributed by atoms with Gasteiger partial charge in [0, 0.05) is 12.0 Å². The molecule has 1 N–H and O–H groups in total. The molecule has 1 atom stereocenters. The first-order chi connectivity index (χ1) is 4.88. The Morgan fingerprint density at radius 1 is 1.27 bits per heavy atom. The molecule has 1 aliphatic heterocycles. The van der Waals surface area contributed by atoms with Crippen molar-refractivity contribution in [2.24, 2.45) is 5.41 Å². The zero-order valence-electron chi connectivity index (χ0n) is 8.02.